The van der Waals surface area contributed by atoms with Gasteiger partial charge in [0.05, 0.1) is 39.6 Å². The quantitative estimate of drug-likeness (QED) is 0.507. The second-order valence-corrected chi connectivity index (χ2v) is 8.41. The van der Waals surface area contributed by atoms with E-state index in [0.717, 1.165) is 18.5 Å². The van der Waals surface area contributed by atoms with Crippen molar-refractivity contribution in [2.45, 2.75) is 38.7 Å². The summed E-state index contributed by atoms with van der Waals surface area (Å²) in [4.78, 5) is 25.5. The second kappa shape index (κ2) is 8.45. The van der Waals surface area contributed by atoms with Crippen molar-refractivity contribution in [2.24, 2.45) is 14.1 Å². The Morgan fingerprint density at radius 3 is 2.41 bits per heavy atom. The number of rotatable bonds is 7. The molecule has 2 N–H and O–H groups in total. The Bertz CT molecular complexity index is 1190. The topological polar surface area (TPSA) is 112 Å². The highest BCUT2D eigenvalue weighted by molar-refractivity contribution is 9.10. The summed E-state index contributed by atoms with van der Waals surface area (Å²) < 4.78 is 31.1. The largest absolute Gasteiger partial charge is 0.321 e. The fourth-order valence-electron chi connectivity index (χ4n) is 3.41. The average Bonchev–Trinajstić information content (AvgIpc) is 3.32. The predicted molar refractivity (Wildman–Crippen MR) is 115 cm³/mol. The van der Waals surface area contributed by atoms with Crippen molar-refractivity contribution >= 4 is 39.1 Å². The number of hydrogen-bond acceptors (Lipinski definition) is 5. The van der Waals surface area contributed by atoms with Gasteiger partial charge in [0, 0.05) is 20.0 Å². The number of nitrogens with one attached hydrogen (secondary N) is 2. The molecule has 1 saturated carbocycles. The molecule has 0 bridgehead atoms. The van der Waals surface area contributed by atoms with Crippen molar-refractivity contribution in [1.82, 2.24) is 29.3 Å². The summed E-state index contributed by atoms with van der Waals surface area (Å²) in [7, 11) is 3.33. The van der Waals surface area contributed by atoms with Gasteiger partial charge in [0.15, 0.2) is 0 Å². The van der Waals surface area contributed by atoms with Crippen LogP contribution in [-0.2, 0) is 25.4 Å². The van der Waals surface area contributed by atoms with Crippen LogP contribution in [0.15, 0.2) is 16.9 Å². The standard InChI is InChI=1S/C19H21BrF2N8O2/c1-9-11(6-23-28(9)2)26-19(32)17-12(7-24-29(17)3)25-13(31)8-30-16(10-4-5-10)14(20)15(27-30)18(21)22/h6-7,10,18H,4-5,8H2,1-3H3,(H,25,31)(H,26,32). The Kier molecular flexibility index (Phi) is 5.84. The Morgan fingerprint density at radius 1 is 1.16 bits per heavy atom. The summed E-state index contributed by atoms with van der Waals surface area (Å²) >= 11 is 3.20. The minimum atomic E-state index is -2.75. The number of nitrogens with zero attached hydrogens (tertiary/aromatic N) is 6. The first kappa shape index (κ1) is 22.1. The van der Waals surface area contributed by atoms with Gasteiger partial charge in [-0.1, -0.05) is 0 Å². The number of aromatic nitrogens is 6. The smallest absolute Gasteiger partial charge is 0.283 e. The molecule has 32 heavy (non-hydrogen) atoms. The van der Waals surface area contributed by atoms with Crippen LogP contribution >= 0.6 is 15.9 Å². The molecule has 2 amide bonds. The van der Waals surface area contributed by atoms with E-state index in [0.29, 0.717) is 11.4 Å². The van der Waals surface area contributed by atoms with E-state index in [9.17, 15) is 18.4 Å². The van der Waals surface area contributed by atoms with Crippen molar-refractivity contribution in [3.63, 3.8) is 0 Å². The van der Waals surface area contributed by atoms with Gasteiger partial charge in [0.2, 0.25) is 5.91 Å². The minimum Gasteiger partial charge on any atom is -0.321 e. The van der Waals surface area contributed by atoms with E-state index in [1.807, 2.05) is 6.92 Å². The molecule has 1 fully saturated rings. The Morgan fingerprint density at radius 2 is 1.81 bits per heavy atom. The monoisotopic (exact) mass is 510 g/mol. The minimum absolute atomic E-state index is 0.0969. The van der Waals surface area contributed by atoms with Crippen molar-refractivity contribution in [3.8, 4) is 0 Å². The average molecular weight is 511 g/mol. The molecule has 3 aromatic rings. The molecule has 3 heterocycles. The van der Waals surface area contributed by atoms with Gasteiger partial charge in [0.1, 0.15) is 17.9 Å². The molecule has 0 spiro atoms. The van der Waals surface area contributed by atoms with E-state index in [-0.39, 0.29) is 34.0 Å². The zero-order valence-corrected chi connectivity index (χ0v) is 19.2. The molecule has 10 nitrogen and oxygen atoms in total. The van der Waals surface area contributed by atoms with Gasteiger partial charge in [-0.2, -0.15) is 15.3 Å². The van der Waals surface area contributed by atoms with Crippen LogP contribution in [0.3, 0.4) is 0 Å². The van der Waals surface area contributed by atoms with E-state index >= 15 is 0 Å². The first-order chi connectivity index (χ1) is 15.2. The number of amides is 2. The van der Waals surface area contributed by atoms with E-state index in [2.05, 4.69) is 41.9 Å². The third-order valence-corrected chi connectivity index (χ3v) is 6.14. The molecule has 0 aliphatic heterocycles. The van der Waals surface area contributed by atoms with Crippen molar-refractivity contribution in [3.05, 3.63) is 39.6 Å². The Hall–Kier alpha value is -3.09. The third-order valence-electron chi connectivity index (χ3n) is 5.33. The van der Waals surface area contributed by atoms with E-state index < -0.39 is 18.2 Å². The lowest BCUT2D eigenvalue weighted by Crippen LogP contribution is -2.23. The molecule has 13 heteroatoms. The zero-order valence-electron chi connectivity index (χ0n) is 17.6. The van der Waals surface area contributed by atoms with Gasteiger partial charge in [-0.25, -0.2) is 8.78 Å². The summed E-state index contributed by atoms with van der Waals surface area (Å²) in [5.74, 6) is -0.890. The number of halogens is 3. The number of carbonyl (C=O) groups is 2. The maximum absolute atomic E-state index is 13.3. The van der Waals surface area contributed by atoms with Gasteiger partial charge >= 0.3 is 0 Å². The highest BCUT2D eigenvalue weighted by atomic mass is 79.9. The molecule has 4 rings (SSSR count). The van der Waals surface area contributed by atoms with Crippen LogP contribution in [0.4, 0.5) is 20.2 Å². The Labute approximate surface area is 190 Å². The highest BCUT2D eigenvalue weighted by Gasteiger charge is 2.34. The molecule has 0 unspecified atom stereocenters. The molecule has 3 aromatic heterocycles. The molecule has 1 aliphatic carbocycles. The van der Waals surface area contributed by atoms with Gasteiger partial charge in [-0.3, -0.25) is 23.6 Å². The maximum atomic E-state index is 13.3. The molecule has 0 atom stereocenters. The summed E-state index contributed by atoms with van der Waals surface area (Å²) in [5.41, 5.74) is 1.84. The van der Waals surface area contributed by atoms with Gasteiger partial charge in [-0.05, 0) is 35.7 Å². The molecule has 170 valence electrons. The van der Waals surface area contributed by atoms with Crippen LogP contribution in [-0.4, -0.2) is 41.2 Å². The van der Waals surface area contributed by atoms with Crippen molar-refractivity contribution in [2.75, 3.05) is 10.6 Å². The van der Waals surface area contributed by atoms with Crippen molar-refractivity contribution in [1.29, 1.82) is 0 Å². The SMILES string of the molecule is Cc1c(NC(=O)c2c(NC(=O)Cn3nc(C(F)F)c(Br)c3C3CC3)cnn2C)cnn1C. The fourth-order valence-corrected chi connectivity index (χ4v) is 4.19. The van der Waals surface area contributed by atoms with E-state index in [1.165, 1.54) is 21.8 Å². The highest BCUT2D eigenvalue weighted by Crippen LogP contribution is 2.45. The summed E-state index contributed by atoms with van der Waals surface area (Å²) in [6.45, 7) is 1.54. The number of anilines is 2. The van der Waals surface area contributed by atoms with E-state index in [1.54, 1.807) is 18.8 Å². The lowest BCUT2D eigenvalue weighted by Gasteiger charge is -2.10. The molecular weight excluding hydrogens is 490 g/mol. The fraction of sp³-hybridized carbons (Fsp3) is 0.421. The summed E-state index contributed by atoms with van der Waals surface area (Å²) in [6, 6.07) is 0. The van der Waals surface area contributed by atoms with Crippen LogP contribution in [0.5, 0.6) is 0 Å². The first-order valence-electron chi connectivity index (χ1n) is 9.83. The number of aryl methyl sites for hydroxylation is 2. The molecule has 1 aliphatic rings. The van der Waals surface area contributed by atoms with Gasteiger partial charge in [0.25, 0.3) is 12.3 Å². The zero-order chi connectivity index (χ0) is 23.2. The van der Waals surface area contributed by atoms with Gasteiger partial charge in [-0.15, -0.1) is 0 Å². The van der Waals surface area contributed by atoms with Crippen molar-refractivity contribution < 1.29 is 18.4 Å². The van der Waals surface area contributed by atoms with Crippen LogP contribution in [0.1, 0.15) is 52.8 Å². The second-order valence-electron chi connectivity index (χ2n) is 7.62. The number of hydrogen-bond donors (Lipinski definition) is 2. The maximum Gasteiger partial charge on any atom is 0.283 e. The van der Waals surface area contributed by atoms with Crippen LogP contribution in [0.2, 0.25) is 0 Å². The predicted octanol–water partition coefficient (Wildman–Crippen LogP) is 3.13. The number of carbonyl (C=O) groups excluding carboxylic acids is 2. The third kappa shape index (κ3) is 4.16. The van der Waals surface area contributed by atoms with Gasteiger partial charge < -0.3 is 10.6 Å². The molecule has 0 aromatic carbocycles. The van der Waals surface area contributed by atoms with Crippen LogP contribution in [0.25, 0.3) is 0 Å². The summed E-state index contributed by atoms with van der Waals surface area (Å²) in [6.07, 6.45) is 1.84. The molecule has 0 radical (unpaired) electrons. The first-order valence-corrected chi connectivity index (χ1v) is 10.6. The lowest BCUT2D eigenvalue weighted by molar-refractivity contribution is -0.117. The van der Waals surface area contributed by atoms with Crippen LogP contribution < -0.4 is 10.6 Å². The van der Waals surface area contributed by atoms with E-state index in [4.69, 9.17) is 0 Å². The summed E-state index contributed by atoms with van der Waals surface area (Å²) in [5, 5.41) is 17.5. The molecule has 0 saturated heterocycles. The lowest BCUT2D eigenvalue weighted by atomic mass is 10.2. The number of alkyl halides is 2. The Balaban J connectivity index is 1.52. The normalized spacial score (nSPS) is 13.6. The molecular formula is C19H21BrF2N8O2. The van der Waals surface area contributed by atoms with Crippen LogP contribution in [0, 0.1) is 6.92 Å².